The summed E-state index contributed by atoms with van der Waals surface area (Å²) in [5, 5.41) is 5.27. The molecule has 0 bridgehead atoms. The molecule has 1 aromatic rings. The van der Waals surface area contributed by atoms with Crippen molar-refractivity contribution in [3.8, 4) is 0 Å². The molecule has 0 radical (unpaired) electrons. The van der Waals surface area contributed by atoms with Crippen molar-refractivity contribution in [2.45, 2.75) is 52.4 Å². The molecule has 0 aromatic heterocycles. The molecule has 1 aromatic carbocycles. The maximum Gasteiger partial charge on any atom is 0.313 e. The average molecular weight is 369 g/mol. The standard InChI is InChI=1S/C17H25BrN2O2/c1-3-4-5-6-7-8-11-19-16(21)17(22)20-15-10-9-13(2)12-14(15)18/h9-10,12H,3-8,11H2,1-2H3,(H,19,21)(H,20,22). The lowest BCUT2D eigenvalue weighted by atomic mass is 10.1. The molecule has 0 saturated carbocycles. The van der Waals surface area contributed by atoms with Crippen LogP contribution in [0.1, 0.15) is 51.0 Å². The molecule has 22 heavy (non-hydrogen) atoms. The number of nitrogens with one attached hydrogen (secondary N) is 2. The van der Waals surface area contributed by atoms with E-state index in [0.29, 0.717) is 12.2 Å². The van der Waals surface area contributed by atoms with Crippen LogP contribution in [0.2, 0.25) is 0 Å². The van der Waals surface area contributed by atoms with Crippen molar-refractivity contribution in [2.75, 3.05) is 11.9 Å². The Morgan fingerprint density at radius 2 is 1.73 bits per heavy atom. The highest BCUT2D eigenvalue weighted by atomic mass is 79.9. The number of aryl methyl sites for hydroxylation is 1. The lowest BCUT2D eigenvalue weighted by Gasteiger charge is -2.08. The second-order valence-corrected chi connectivity index (χ2v) is 6.32. The van der Waals surface area contributed by atoms with E-state index >= 15 is 0 Å². The van der Waals surface area contributed by atoms with Crippen LogP contribution < -0.4 is 10.6 Å². The Hall–Kier alpha value is -1.36. The lowest BCUT2D eigenvalue weighted by Crippen LogP contribution is -2.36. The predicted octanol–water partition coefficient (Wildman–Crippen LogP) is 4.17. The summed E-state index contributed by atoms with van der Waals surface area (Å²) < 4.78 is 0.768. The lowest BCUT2D eigenvalue weighted by molar-refractivity contribution is -0.136. The van der Waals surface area contributed by atoms with Crippen LogP contribution >= 0.6 is 15.9 Å². The molecule has 122 valence electrons. The molecule has 2 amide bonds. The number of hydrogen-bond donors (Lipinski definition) is 2. The number of carbonyl (C=O) groups is 2. The molecule has 0 saturated heterocycles. The van der Waals surface area contributed by atoms with Gasteiger partial charge in [-0.3, -0.25) is 9.59 Å². The zero-order valence-electron chi connectivity index (χ0n) is 13.4. The number of hydrogen-bond acceptors (Lipinski definition) is 2. The first-order valence-corrected chi connectivity index (χ1v) is 8.69. The van der Waals surface area contributed by atoms with Gasteiger partial charge in [0, 0.05) is 11.0 Å². The summed E-state index contributed by atoms with van der Waals surface area (Å²) in [4.78, 5) is 23.5. The Kier molecular flexibility index (Phi) is 8.82. The first-order valence-electron chi connectivity index (χ1n) is 7.90. The molecule has 1 rings (SSSR count). The molecule has 0 aliphatic rings. The molecule has 4 nitrogen and oxygen atoms in total. The van der Waals surface area contributed by atoms with Gasteiger partial charge in [0.1, 0.15) is 0 Å². The van der Waals surface area contributed by atoms with Gasteiger partial charge < -0.3 is 10.6 Å². The van der Waals surface area contributed by atoms with Crippen LogP contribution in [0, 0.1) is 6.92 Å². The monoisotopic (exact) mass is 368 g/mol. The highest BCUT2D eigenvalue weighted by Gasteiger charge is 2.14. The number of unbranched alkanes of at least 4 members (excludes halogenated alkanes) is 5. The van der Waals surface area contributed by atoms with Gasteiger partial charge in [-0.2, -0.15) is 0 Å². The summed E-state index contributed by atoms with van der Waals surface area (Å²) in [6.07, 6.45) is 6.92. The fourth-order valence-corrected chi connectivity index (χ4v) is 2.68. The van der Waals surface area contributed by atoms with Crippen molar-refractivity contribution in [1.82, 2.24) is 5.32 Å². The van der Waals surface area contributed by atoms with Crippen LogP contribution in [0.4, 0.5) is 5.69 Å². The van der Waals surface area contributed by atoms with E-state index in [2.05, 4.69) is 33.5 Å². The average Bonchev–Trinajstić information content (AvgIpc) is 2.48. The maximum atomic E-state index is 11.8. The maximum absolute atomic E-state index is 11.8. The number of anilines is 1. The van der Waals surface area contributed by atoms with E-state index < -0.39 is 11.8 Å². The zero-order chi connectivity index (χ0) is 16.4. The summed E-state index contributed by atoms with van der Waals surface area (Å²) in [6.45, 7) is 4.70. The minimum absolute atomic E-state index is 0.549. The Morgan fingerprint density at radius 3 is 2.41 bits per heavy atom. The third-order valence-corrected chi connectivity index (χ3v) is 4.05. The third-order valence-electron chi connectivity index (χ3n) is 3.39. The van der Waals surface area contributed by atoms with Crippen molar-refractivity contribution in [1.29, 1.82) is 0 Å². The van der Waals surface area contributed by atoms with E-state index in [4.69, 9.17) is 0 Å². The van der Waals surface area contributed by atoms with Crippen molar-refractivity contribution in [2.24, 2.45) is 0 Å². The second-order valence-electron chi connectivity index (χ2n) is 5.46. The summed E-state index contributed by atoms with van der Waals surface area (Å²) in [7, 11) is 0. The van der Waals surface area contributed by atoms with E-state index in [1.165, 1.54) is 25.7 Å². The molecule has 0 aliphatic carbocycles. The predicted molar refractivity (Wildman–Crippen MR) is 93.9 cm³/mol. The molecule has 2 N–H and O–H groups in total. The number of amides is 2. The molecule has 0 aliphatic heterocycles. The van der Waals surface area contributed by atoms with Crippen molar-refractivity contribution in [3.05, 3.63) is 28.2 Å². The van der Waals surface area contributed by atoms with Gasteiger partial charge in [0.25, 0.3) is 0 Å². The normalized spacial score (nSPS) is 10.3. The molecule has 0 atom stereocenters. The fraction of sp³-hybridized carbons (Fsp3) is 0.529. The number of rotatable bonds is 8. The Morgan fingerprint density at radius 1 is 1.05 bits per heavy atom. The highest BCUT2D eigenvalue weighted by molar-refractivity contribution is 9.10. The van der Waals surface area contributed by atoms with Gasteiger partial charge in [-0.15, -0.1) is 0 Å². The molecular formula is C17H25BrN2O2. The van der Waals surface area contributed by atoms with Gasteiger partial charge in [0.15, 0.2) is 0 Å². The quantitative estimate of drug-likeness (QED) is 0.534. The van der Waals surface area contributed by atoms with Crippen LogP contribution in [0.15, 0.2) is 22.7 Å². The van der Waals surface area contributed by atoms with Gasteiger partial charge in [-0.25, -0.2) is 0 Å². The third kappa shape index (κ3) is 7.07. The second kappa shape index (κ2) is 10.4. The first kappa shape index (κ1) is 18.7. The summed E-state index contributed by atoms with van der Waals surface area (Å²) in [5.41, 5.74) is 1.68. The molecule has 0 spiro atoms. The van der Waals surface area contributed by atoms with E-state index in [-0.39, 0.29) is 0 Å². The Labute approximate surface area is 141 Å². The van der Waals surface area contributed by atoms with Gasteiger partial charge in [-0.1, -0.05) is 45.1 Å². The van der Waals surface area contributed by atoms with Gasteiger partial charge >= 0.3 is 11.8 Å². The van der Waals surface area contributed by atoms with Crippen molar-refractivity contribution in [3.63, 3.8) is 0 Å². The number of carbonyl (C=O) groups excluding carboxylic acids is 2. The van der Waals surface area contributed by atoms with Crippen LogP contribution in [0.25, 0.3) is 0 Å². The topological polar surface area (TPSA) is 58.2 Å². The van der Waals surface area contributed by atoms with E-state index in [0.717, 1.165) is 22.9 Å². The molecule has 5 heteroatoms. The van der Waals surface area contributed by atoms with E-state index in [1.54, 1.807) is 6.07 Å². The minimum atomic E-state index is -0.629. The van der Waals surface area contributed by atoms with Gasteiger partial charge in [0.2, 0.25) is 0 Å². The number of benzene rings is 1. The largest absolute Gasteiger partial charge is 0.348 e. The van der Waals surface area contributed by atoms with Crippen molar-refractivity contribution >= 4 is 33.4 Å². The Bertz CT molecular complexity index is 503. The van der Waals surface area contributed by atoms with Crippen LogP contribution in [-0.2, 0) is 9.59 Å². The van der Waals surface area contributed by atoms with E-state index in [9.17, 15) is 9.59 Å². The van der Waals surface area contributed by atoms with Crippen LogP contribution in [0.5, 0.6) is 0 Å². The van der Waals surface area contributed by atoms with Crippen LogP contribution in [-0.4, -0.2) is 18.4 Å². The summed E-state index contributed by atoms with van der Waals surface area (Å²) in [5.74, 6) is -1.21. The molecular weight excluding hydrogens is 344 g/mol. The summed E-state index contributed by atoms with van der Waals surface area (Å²) in [6, 6.07) is 5.55. The first-order chi connectivity index (χ1) is 10.5. The molecule has 0 unspecified atom stereocenters. The smallest absolute Gasteiger partial charge is 0.313 e. The zero-order valence-corrected chi connectivity index (χ0v) is 15.0. The number of halogens is 1. The van der Waals surface area contributed by atoms with Crippen LogP contribution in [0.3, 0.4) is 0 Å². The minimum Gasteiger partial charge on any atom is -0.348 e. The van der Waals surface area contributed by atoms with Crippen molar-refractivity contribution < 1.29 is 9.59 Å². The molecule has 0 heterocycles. The van der Waals surface area contributed by atoms with Gasteiger partial charge in [-0.05, 0) is 47.0 Å². The van der Waals surface area contributed by atoms with Gasteiger partial charge in [0.05, 0.1) is 5.69 Å². The van der Waals surface area contributed by atoms with E-state index in [1.807, 2.05) is 19.1 Å². The Balaban J connectivity index is 2.26. The molecule has 0 fully saturated rings. The summed E-state index contributed by atoms with van der Waals surface area (Å²) >= 11 is 3.37. The fourth-order valence-electron chi connectivity index (χ4n) is 2.09. The highest BCUT2D eigenvalue weighted by Crippen LogP contribution is 2.23. The SMILES string of the molecule is CCCCCCCCNC(=O)C(=O)Nc1ccc(C)cc1Br.